The zero-order valence-electron chi connectivity index (χ0n) is 17.2. The van der Waals surface area contributed by atoms with Crippen molar-refractivity contribution in [2.24, 2.45) is 5.92 Å². The molecule has 10 heteroatoms. The highest BCUT2D eigenvalue weighted by atomic mass is 32.1. The lowest BCUT2D eigenvalue weighted by atomic mass is 10.2. The van der Waals surface area contributed by atoms with Gasteiger partial charge in [0, 0.05) is 30.1 Å². The van der Waals surface area contributed by atoms with Crippen LogP contribution in [-0.2, 0) is 13.1 Å². The van der Waals surface area contributed by atoms with Gasteiger partial charge in [0.05, 0.1) is 26.5 Å². The SMILES string of the molecule is CCn1nc(OCC2CC2c2ccc(OC)cn2)cc(NCc2nnc(C)s2)c1=O. The molecule has 3 aromatic heterocycles. The molecule has 1 N–H and O–H groups in total. The van der Waals surface area contributed by atoms with Crippen LogP contribution >= 0.6 is 11.3 Å². The number of ether oxygens (including phenoxy) is 2. The molecule has 1 aliphatic carbocycles. The van der Waals surface area contributed by atoms with Crippen molar-refractivity contribution in [3.63, 3.8) is 0 Å². The maximum atomic E-state index is 12.5. The minimum atomic E-state index is -0.183. The molecule has 30 heavy (non-hydrogen) atoms. The van der Waals surface area contributed by atoms with E-state index in [1.807, 2.05) is 26.0 Å². The van der Waals surface area contributed by atoms with Gasteiger partial charge >= 0.3 is 0 Å². The molecule has 4 rings (SSSR count). The number of hydrogen-bond donors (Lipinski definition) is 1. The van der Waals surface area contributed by atoms with Gasteiger partial charge < -0.3 is 14.8 Å². The van der Waals surface area contributed by atoms with Crippen LogP contribution in [0.3, 0.4) is 0 Å². The average molecular weight is 429 g/mol. The Morgan fingerprint density at radius 2 is 2.20 bits per heavy atom. The van der Waals surface area contributed by atoms with Gasteiger partial charge in [-0.2, -0.15) is 0 Å². The van der Waals surface area contributed by atoms with E-state index in [9.17, 15) is 4.79 Å². The van der Waals surface area contributed by atoms with Crippen molar-refractivity contribution in [1.29, 1.82) is 0 Å². The summed E-state index contributed by atoms with van der Waals surface area (Å²) in [6.07, 6.45) is 2.76. The Hall–Kier alpha value is -3.01. The quantitative estimate of drug-likeness (QED) is 0.555. The number of aromatic nitrogens is 5. The van der Waals surface area contributed by atoms with Crippen LogP contribution in [0.15, 0.2) is 29.2 Å². The molecule has 0 amide bonds. The van der Waals surface area contributed by atoms with Gasteiger partial charge in [0.2, 0.25) is 5.88 Å². The number of methoxy groups -OCH3 is 1. The number of hydrogen-bond acceptors (Lipinski definition) is 9. The zero-order chi connectivity index (χ0) is 21.1. The van der Waals surface area contributed by atoms with Crippen LogP contribution < -0.4 is 20.3 Å². The van der Waals surface area contributed by atoms with Crippen molar-refractivity contribution >= 4 is 17.0 Å². The van der Waals surface area contributed by atoms with Crippen LogP contribution in [0.1, 0.15) is 35.0 Å². The average Bonchev–Trinajstić information content (AvgIpc) is 3.43. The molecule has 0 bridgehead atoms. The molecule has 0 aliphatic heterocycles. The second-order valence-electron chi connectivity index (χ2n) is 7.12. The van der Waals surface area contributed by atoms with E-state index in [1.54, 1.807) is 19.4 Å². The topological polar surface area (TPSA) is 104 Å². The maximum Gasteiger partial charge on any atom is 0.290 e. The van der Waals surface area contributed by atoms with Gasteiger partial charge in [0.1, 0.15) is 21.5 Å². The summed E-state index contributed by atoms with van der Waals surface area (Å²) in [7, 11) is 1.63. The number of rotatable bonds is 9. The van der Waals surface area contributed by atoms with Gasteiger partial charge in [0.25, 0.3) is 5.56 Å². The molecule has 1 aliphatic rings. The van der Waals surface area contributed by atoms with Crippen LogP contribution in [0, 0.1) is 12.8 Å². The molecular formula is C20H24N6O3S. The molecule has 0 radical (unpaired) electrons. The molecule has 0 aromatic carbocycles. The molecule has 0 spiro atoms. The molecule has 3 aromatic rings. The first-order chi connectivity index (χ1) is 14.6. The summed E-state index contributed by atoms with van der Waals surface area (Å²) in [6, 6.07) is 5.58. The van der Waals surface area contributed by atoms with E-state index < -0.39 is 0 Å². The molecule has 2 unspecified atom stereocenters. The van der Waals surface area contributed by atoms with E-state index in [1.165, 1.54) is 16.0 Å². The maximum absolute atomic E-state index is 12.5. The standard InChI is InChI=1S/C20H24N6O3S/c1-4-26-20(27)17(22-10-19-24-23-12(2)30-19)8-18(25-26)29-11-13-7-15(13)16-6-5-14(28-3)9-21-16/h5-6,8-9,13,15,22H,4,7,10-11H2,1-3H3. The van der Waals surface area contributed by atoms with Gasteiger partial charge in [0.15, 0.2) is 0 Å². The fourth-order valence-electron chi connectivity index (χ4n) is 3.23. The monoisotopic (exact) mass is 428 g/mol. The summed E-state index contributed by atoms with van der Waals surface area (Å²) in [6.45, 7) is 5.20. The highest BCUT2D eigenvalue weighted by Crippen LogP contribution is 2.46. The first kappa shape index (κ1) is 20.3. The Bertz CT molecular complexity index is 1070. The summed E-state index contributed by atoms with van der Waals surface area (Å²) in [5.74, 6) is 1.95. The first-order valence-corrected chi connectivity index (χ1v) is 10.7. The smallest absolute Gasteiger partial charge is 0.290 e. The summed E-state index contributed by atoms with van der Waals surface area (Å²) in [5, 5.41) is 17.2. The predicted octanol–water partition coefficient (Wildman–Crippen LogP) is 2.62. The van der Waals surface area contributed by atoms with E-state index in [0.29, 0.717) is 43.1 Å². The third-order valence-electron chi connectivity index (χ3n) is 4.99. The third-order valence-corrected chi connectivity index (χ3v) is 5.83. The Morgan fingerprint density at radius 3 is 2.87 bits per heavy atom. The minimum absolute atomic E-state index is 0.183. The normalized spacial score (nSPS) is 17.6. The predicted molar refractivity (Wildman–Crippen MR) is 113 cm³/mol. The number of nitrogens with zero attached hydrogens (tertiary/aromatic N) is 5. The molecule has 3 heterocycles. The summed E-state index contributed by atoms with van der Waals surface area (Å²) in [5.41, 5.74) is 1.31. The van der Waals surface area contributed by atoms with Gasteiger partial charge in [-0.25, -0.2) is 4.68 Å². The van der Waals surface area contributed by atoms with Crippen LogP contribution in [0.2, 0.25) is 0 Å². The Balaban J connectivity index is 1.39. The Kier molecular flexibility index (Phi) is 5.93. The van der Waals surface area contributed by atoms with E-state index in [0.717, 1.165) is 27.9 Å². The summed E-state index contributed by atoms with van der Waals surface area (Å²) < 4.78 is 12.5. The van der Waals surface area contributed by atoms with Crippen molar-refractivity contribution in [3.05, 3.63) is 50.5 Å². The van der Waals surface area contributed by atoms with Gasteiger partial charge in [-0.3, -0.25) is 9.78 Å². The Labute approximate surface area is 178 Å². The van der Waals surface area contributed by atoms with Crippen molar-refractivity contribution < 1.29 is 9.47 Å². The van der Waals surface area contributed by atoms with Gasteiger partial charge in [-0.1, -0.05) is 11.3 Å². The second-order valence-corrected chi connectivity index (χ2v) is 8.39. The number of aryl methyl sites for hydroxylation is 2. The Morgan fingerprint density at radius 1 is 1.33 bits per heavy atom. The zero-order valence-corrected chi connectivity index (χ0v) is 18.0. The fourth-order valence-corrected chi connectivity index (χ4v) is 3.88. The third kappa shape index (κ3) is 4.59. The lowest BCUT2D eigenvalue weighted by molar-refractivity contribution is 0.276. The number of pyridine rings is 1. The molecular weight excluding hydrogens is 404 g/mol. The molecule has 1 saturated carbocycles. The van der Waals surface area contributed by atoms with Crippen LogP contribution in [-0.4, -0.2) is 38.7 Å². The highest BCUT2D eigenvalue weighted by molar-refractivity contribution is 7.11. The summed E-state index contributed by atoms with van der Waals surface area (Å²) in [4.78, 5) is 17.0. The van der Waals surface area contributed by atoms with E-state index >= 15 is 0 Å². The van der Waals surface area contributed by atoms with Crippen LogP contribution in [0.4, 0.5) is 5.69 Å². The first-order valence-electron chi connectivity index (χ1n) is 9.85. The van der Waals surface area contributed by atoms with Gasteiger partial charge in [-0.15, -0.1) is 15.3 Å². The summed E-state index contributed by atoms with van der Waals surface area (Å²) >= 11 is 1.50. The minimum Gasteiger partial charge on any atom is -0.495 e. The molecule has 2 atom stereocenters. The van der Waals surface area contributed by atoms with Crippen molar-refractivity contribution in [3.8, 4) is 11.6 Å². The van der Waals surface area contributed by atoms with Crippen LogP contribution in [0.5, 0.6) is 11.6 Å². The number of nitrogens with one attached hydrogen (secondary N) is 1. The van der Waals surface area contributed by atoms with E-state index in [4.69, 9.17) is 9.47 Å². The lowest BCUT2D eigenvalue weighted by Crippen LogP contribution is -2.26. The number of anilines is 1. The van der Waals surface area contributed by atoms with Crippen molar-refractivity contribution in [2.45, 2.75) is 39.3 Å². The fraction of sp³-hybridized carbons (Fsp3) is 0.450. The molecule has 158 valence electrons. The second kappa shape index (κ2) is 8.78. The van der Waals surface area contributed by atoms with Crippen molar-refractivity contribution in [1.82, 2.24) is 25.0 Å². The highest BCUT2D eigenvalue weighted by Gasteiger charge is 2.40. The van der Waals surface area contributed by atoms with E-state index in [-0.39, 0.29) is 5.56 Å². The van der Waals surface area contributed by atoms with E-state index in [2.05, 4.69) is 25.6 Å². The molecule has 1 fully saturated rings. The van der Waals surface area contributed by atoms with Gasteiger partial charge in [-0.05, 0) is 32.4 Å². The molecule has 0 saturated heterocycles. The van der Waals surface area contributed by atoms with Crippen molar-refractivity contribution in [2.75, 3.05) is 19.0 Å². The largest absolute Gasteiger partial charge is 0.495 e. The molecule has 9 nitrogen and oxygen atoms in total. The van der Waals surface area contributed by atoms with Crippen LogP contribution in [0.25, 0.3) is 0 Å². The lowest BCUT2D eigenvalue weighted by Gasteiger charge is -2.11.